The summed E-state index contributed by atoms with van der Waals surface area (Å²) in [5.41, 5.74) is 4.56. The minimum absolute atomic E-state index is 0.219. The monoisotopic (exact) mass is 507 g/mol. The first-order valence-electron chi connectivity index (χ1n) is 12.4. The van der Waals surface area contributed by atoms with Gasteiger partial charge >= 0.3 is 0 Å². The van der Waals surface area contributed by atoms with Crippen molar-refractivity contribution in [2.45, 2.75) is 13.3 Å². The predicted molar refractivity (Wildman–Crippen MR) is 148 cm³/mol. The van der Waals surface area contributed by atoms with E-state index in [0.717, 1.165) is 47.9 Å². The summed E-state index contributed by atoms with van der Waals surface area (Å²) in [6.45, 7) is 4.32. The molecule has 192 valence electrons. The molecule has 38 heavy (non-hydrogen) atoms. The van der Waals surface area contributed by atoms with Crippen LogP contribution in [0, 0.1) is 6.92 Å². The summed E-state index contributed by atoms with van der Waals surface area (Å²) in [7, 11) is 0. The maximum absolute atomic E-state index is 13.1. The number of benzene rings is 2. The van der Waals surface area contributed by atoms with E-state index in [1.165, 1.54) is 0 Å². The summed E-state index contributed by atoms with van der Waals surface area (Å²) in [5.74, 6) is 0.937. The molecule has 3 N–H and O–H groups in total. The number of ether oxygens (including phenoxy) is 1. The minimum atomic E-state index is -0.219. The normalized spacial score (nSPS) is 12.2. The smallest absolute Gasteiger partial charge is 0.255 e. The zero-order valence-corrected chi connectivity index (χ0v) is 21.1. The van der Waals surface area contributed by atoms with E-state index in [1.54, 1.807) is 30.7 Å². The Morgan fingerprint density at radius 3 is 2.89 bits per heavy atom. The molecule has 1 aliphatic heterocycles. The van der Waals surface area contributed by atoms with Crippen molar-refractivity contribution in [1.82, 2.24) is 25.2 Å². The predicted octanol–water partition coefficient (Wildman–Crippen LogP) is 4.95. The van der Waals surface area contributed by atoms with E-state index in [-0.39, 0.29) is 5.91 Å². The third-order valence-corrected chi connectivity index (χ3v) is 6.01. The van der Waals surface area contributed by atoms with Crippen molar-refractivity contribution in [3.63, 3.8) is 0 Å². The Kier molecular flexibility index (Phi) is 7.74. The molecule has 9 heteroatoms. The average molecular weight is 508 g/mol. The molecule has 2 aromatic carbocycles. The molecule has 0 bridgehead atoms. The number of aryl methyl sites for hydroxylation is 1. The highest BCUT2D eigenvalue weighted by atomic mass is 16.5. The van der Waals surface area contributed by atoms with Crippen LogP contribution in [0.2, 0.25) is 0 Å². The zero-order valence-electron chi connectivity index (χ0n) is 21.1. The minimum Gasteiger partial charge on any atom is -0.493 e. The Bertz CT molecular complexity index is 1430. The lowest BCUT2D eigenvalue weighted by Gasteiger charge is -2.15. The number of anilines is 3. The molecule has 0 saturated heterocycles. The fraction of sp³-hybridized carbons (Fsp3) is 0.172. The molecular weight excluding hydrogens is 478 g/mol. The second-order valence-electron chi connectivity index (χ2n) is 8.84. The van der Waals surface area contributed by atoms with Crippen LogP contribution in [-0.4, -0.2) is 45.6 Å². The number of hydrogen-bond donors (Lipinski definition) is 3. The lowest BCUT2D eigenvalue weighted by atomic mass is 10.1. The van der Waals surface area contributed by atoms with Crippen LogP contribution < -0.4 is 20.7 Å². The van der Waals surface area contributed by atoms with Gasteiger partial charge in [-0.25, -0.2) is 9.97 Å². The van der Waals surface area contributed by atoms with Gasteiger partial charge in [-0.3, -0.25) is 9.78 Å². The fourth-order valence-corrected chi connectivity index (χ4v) is 3.97. The number of nitrogens with one attached hydrogen (secondary N) is 3. The van der Waals surface area contributed by atoms with Crippen molar-refractivity contribution in [2.75, 3.05) is 30.5 Å². The first-order chi connectivity index (χ1) is 18.6. The second kappa shape index (κ2) is 11.9. The quantitative estimate of drug-likeness (QED) is 0.259. The van der Waals surface area contributed by atoms with E-state index in [9.17, 15) is 4.79 Å². The molecule has 1 aliphatic rings. The molecule has 0 spiro atoms. The van der Waals surface area contributed by atoms with Gasteiger partial charge in [-0.2, -0.15) is 0 Å². The Labute approximate surface area is 221 Å². The van der Waals surface area contributed by atoms with Gasteiger partial charge in [0, 0.05) is 66.1 Å². The Hall–Kier alpha value is -4.92. The third kappa shape index (κ3) is 6.44. The molecule has 4 aromatic rings. The van der Waals surface area contributed by atoms with E-state index >= 15 is 0 Å². The molecule has 0 fully saturated rings. The van der Waals surface area contributed by atoms with Gasteiger partial charge in [0.25, 0.3) is 5.91 Å². The summed E-state index contributed by atoms with van der Waals surface area (Å²) < 4.78 is 5.89. The summed E-state index contributed by atoms with van der Waals surface area (Å²) in [6.07, 6.45) is 10.0. The van der Waals surface area contributed by atoms with Crippen LogP contribution in [0.15, 0.2) is 91.7 Å². The number of hydrogen-bond acceptors (Lipinski definition) is 8. The van der Waals surface area contributed by atoms with Crippen molar-refractivity contribution < 1.29 is 9.53 Å². The SMILES string of the molecule is Cc1ccc(C(=O)Nc2cccc(OCCCN3C=CNC3)c2)cc1Nc1nccc(-c2cccnc2)n1. The molecule has 5 rings (SSSR count). The number of aromatic nitrogens is 3. The molecule has 2 aromatic heterocycles. The highest BCUT2D eigenvalue weighted by Gasteiger charge is 2.11. The average Bonchev–Trinajstić information content (AvgIpc) is 3.47. The van der Waals surface area contributed by atoms with Gasteiger partial charge in [0.2, 0.25) is 5.95 Å². The van der Waals surface area contributed by atoms with Gasteiger partial charge < -0.3 is 25.6 Å². The van der Waals surface area contributed by atoms with Crippen LogP contribution in [0.4, 0.5) is 17.3 Å². The van der Waals surface area contributed by atoms with Crippen LogP contribution in [0.1, 0.15) is 22.3 Å². The van der Waals surface area contributed by atoms with E-state index in [2.05, 4.69) is 35.8 Å². The number of nitrogens with zero attached hydrogens (tertiary/aromatic N) is 4. The van der Waals surface area contributed by atoms with Crippen molar-refractivity contribution in [3.05, 3.63) is 103 Å². The van der Waals surface area contributed by atoms with E-state index in [0.29, 0.717) is 23.8 Å². The van der Waals surface area contributed by atoms with Crippen molar-refractivity contribution >= 4 is 23.2 Å². The van der Waals surface area contributed by atoms with E-state index in [4.69, 9.17) is 4.74 Å². The van der Waals surface area contributed by atoms with Crippen molar-refractivity contribution in [3.8, 4) is 17.0 Å². The standard InChI is InChI=1S/C29H29N7O2/c1-21-8-9-22(17-27(21)35-29-32-12-10-26(34-29)23-5-3-11-30-19-23)28(37)33-24-6-2-7-25(18-24)38-16-4-14-36-15-13-31-20-36/h2-3,5-13,15,17-19,31H,4,14,16,20H2,1H3,(H,33,37)(H,32,34,35). The number of carbonyl (C=O) groups is 1. The number of rotatable bonds is 10. The molecule has 1 amide bonds. The first-order valence-corrected chi connectivity index (χ1v) is 12.4. The zero-order chi connectivity index (χ0) is 26.2. The van der Waals surface area contributed by atoms with Crippen LogP contribution in [0.5, 0.6) is 5.75 Å². The largest absolute Gasteiger partial charge is 0.493 e. The van der Waals surface area contributed by atoms with Gasteiger partial charge in [-0.15, -0.1) is 0 Å². The van der Waals surface area contributed by atoms with Crippen LogP contribution in [-0.2, 0) is 0 Å². The highest BCUT2D eigenvalue weighted by molar-refractivity contribution is 6.05. The molecule has 3 heterocycles. The highest BCUT2D eigenvalue weighted by Crippen LogP contribution is 2.24. The lowest BCUT2D eigenvalue weighted by Crippen LogP contribution is -2.22. The molecular formula is C29H29N7O2. The first kappa shape index (κ1) is 24.8. The summed E-state index contributed by atoms with van der Waals surface area (Å²) >= 11 is 0. The molecule has 0 aliphatic carbocycles. The molecule has 0 atom stereocenters. The summed E-state index contributed by atoms with van der Waals surface area (Å²) in [6, 6.07) is 18.6. The maximum atomic E-state index is 13.1. The van der Waals surface area contributed by atoms with Gasteiger partial charge in [0.15, 0.2) is 0 Å². The fourth-order valence-electron chi connectivity index (χ4n) is 3.97. The Morgan fingerprint density at radius 2 is 2.05 bits per heavy atom. The molecule has 9 nitrogen and oxygen atoms in total. The Balaban J connectivity index is 1.21. The van der Waals surface area contributed by atoms with E-state index < -0.39 is 0 Å². The van der Waals surface area contributed by atoms with Gasteiger partial charge in [0.05, 0.1) is 19.0 Å². The maximum Gasteiger partial charge on any atom is 0.255 e. The molecule has 0 unspecified atom stereocenters. The van der Waals surface area contributed by atoms with Crippen LogP contribution >= 0.6 is 0 Å². The van der Waals surface area contributed by atoms with Crippen LogP contribution in [0.3, 0.4) is 0 Å². The third-order valence-electron chi connectivity index (χ3n) is 6.01. The second-order valence-corrected chi connectivity index (χ2v) is 8.84. The van der Waals surface area contributed by atoms with Gasteiger partial charge in [-0.1, -0.05) is 12.1 Å². The van der Waals surface area contributed by atoms with Crippen LogP contribution in [0.25, 0.3) is 11.3 Å². The lowest BCUT2D eigenvalue weighted by molar-refractivity contribution is 0.102. The summed E-state index contributed by atoms with van der Waals surface area (Å²) in [5, 5.41) is 9.36. The van der Waals surface area contributed by atoms with Gasteiger partial charge in [-0.05, 0) is 61.4 Å². The number of carbonyl (C=O) groups excluding carboxylic acids is 1. The number of pyridine rings is 1. The van der Waals surface area contributed by atoms with Crippen molar-refractivity contribution in [1.29, 1.82) is 0 Å². The van der Waals surface area contributed by atoms with Gasteiger partial charge in [0.1, 0.15) is 5.75 Å². The molecule has 0 radical (unpaired) electrons. The van der Waals surface area contributed by atoms with Crippen molar-refractivity contribution in [2.24, 2.45) is 0 Å². The molecule has 0 saturated carbocycles. The summed E-state index contributed by atoms with van der Waals surface area (Å²) in [4.78, 5) is 28.3. The Morgan fingerprint density at radius 1 is 1.11 bits per heavy atom. The topological polar surface area (TPSA) is 104 Å². The number of amides is 1. The van der Waals surface area contributed by atoms with E-state index in [1.807, 2.05) is 67.9 Å².